The van der Waals surface area contributed by atoms with Gasteiger partial charge in [0.15, 0.2) is 0 Å². The summed E-state index contributed by atoms with van der Waals surface area (Å²) in [7, 11) is 0. The summed E-state index contributed by atoms with van der Waals surface area (Å²) < 4.78 is 0. The van der Waals surface area contributed by atoms with Crippen LogP contribution in [0.5, 0.6) is 0 Å². The smallest absolute Gasteiger partial charge is 0.311 e. The van der Waals surface area contributed by atoms with Gasteiger partial charge in [0.05, 0.1) is 22.7 Å². The van der Waals surface area contributed by atoms with E-state index >= 15 is 0 Å². The Bertz CT molecular complexity index is 963. The third-order valence-electron chi connectivity index (χ3n) is 12.4. The predicted octanol–water partition coefficient (Wildman–Crippen LogP) is 11.9. The molecule has 1 aliphatic carbocycles. The average molecular weight is 709 g/mol. The Morgan fingerprint density at radius 3 is 1.10 bits per heavy atom. The number of aliphatic carboxylic acids is 4. The molecular weight excluding hydrogens is 632 g/mol. The number of hydrogen-bond donors (Lipinski definition) is 4. The number of rotatable bonds is 32. The molecule has 1 fully saturated rings. The van der Waals surface area contributed by atoms with Crippen molar-refractivity contribution in [2.75, 3.05) is 0 Å². The highest BCUT2D eigenvalue weighted by atomic mass is 16.4. The molecule has 292 valence electrons. The third-order valence-corrected chi connectivity index (χ3v) is 12.4. The lowest BCUT2D eigenvalue weighted by molar-refractivity contribution is -0.233. The van der Waals surface area contributed by atoms with Gasteiger partial charge in [-0.3, -0.25) is 19.2 Å². The molecule has 0 aromatic heterocycles. The van der Waals surface area contributed by atoms with Crippen LogP contribution in [0.25, 0.3) is 0 Å². The second-order valence-electron chi connectivity index (χ2n) is 15.8. The van der Waals surface area contributed by atoms with E-state index < -0.39 is 58.4 Å². The van der Waals surface area contributed by atoms with Gasteiger partial charge in [-0.25, -0.2) is 0 Å². The molecule has 0 radical (unpaired) electrons. The minimum Gasteiger partial charge on any atom is -0.481 e. The fourth-order valence-corrected chi connectivity index (χ4v) is 9.82. The van der Waals surface area contributed by atoms with Crippen molar-refractivity contribution in [1.82, 2.24) is 0 Å². The minimum atomic E-state index is -1.90. The normalized spacial score (nSPS) is 23.1. The maximum Gasteiger partial charge on any atom is 0.311 e. The minimum absolute atomic E-state index is 0.0570. The van der Waals surface area contributed by atoms with Gasteiger partial charge in [0, 0.05) is 5.41 Å². The highest BCUT2D eigenvalue weighted by Gasteiger charge is 2.77. The largest absolute Gasteiger partial charge is 0.481 e. The van der Waals surface area contributed by atoms with Gasteiger partial charge < -0.3 is 20.4 Å². The molecule has 1 rings (SSSR count). The zero-order valence-electron chi connectivity index (χ0n) is 32.6. The molecule has 4 atom stereocenters. The number of carboxylic acid groups (broad SMARTS) is 4. The number of carboxylic acids is 4. The molecule has 1 aliphatic rings. The molecule has 0 aromatic rings. The molecule has 1 saturated carbocycles. The number of carbonyl (C=O) groups is 4. The van der Waals surface area contributed by atoms with Crippen LogP contribution < -0.4 is 0 Å². The van der Waals surface area contributed by atoms with E-state index in [-0.39, 0.29) is 25.7 Å². The van der Waals surface area contributed by atoms with Gasteiger partial charge in [-0.15, -0.1) is 0 Å². The Balaban J connectivity index is 4.02. The third kappa shape index (κ3) is 12.2. The first kappa shape index (κ1) is 45.9. The highest BCUT2D eigenvalue weighted by molar-refractivity contribution is 5.92. The van der Waals surface area contributed by atoms with Crippen LogP contribution in [-0.2, 0) is 19.2 Å². The van der Waals surface area contributed by atoms with Crippen LogP contribution in [0.4, 0.5) is 0 Å². The summed E-state index contributed by atoms with van der Waals surface area (Å²) in [4.78, 5) is 55.0. The van der Waals surface area contributed by atoms with Crippen LogP contribution in [-0.4, -0.2) is 44.3 Å². The molecule has 50 heavy (non-hydrogen) atoms. The van der Waals surface area contributed by atoms with E-state index in [1.54, 1.807) is 0 Å². The van der Waals surface area contributed by atoms with Crippen molar-refractivity contribution in [3.05, 3.63) is 0 Å². The van der Waals surface area contributed by atoms with Crippen molar-refractivity contribution < 1.29 is 39.6 Å². The van der Waals surface area contributed by atoms with E-state index in [1.807, 2.05) is 0 Å². The van der Waals surface area contributed by atoms with Crippen molar-refractivity contribution >= 4 is 23.9 Å². The molecule has 0 bridgehead atoms. The van der Waals surface area contributed by atoms with E-state index in [0.29, 0.717) is 25.7 Å². The Kier molecular flexibility index (Phi) is 22.9. The molecule has 8 nitrogen and oxygen atoms in total. The van der Waals surface area contributed by atoms with Gasteiger partial charge in [-0.05, 0) is 32.1 Å². The zero-order chi connectivity index (χ0) is 37.5. The van der Waals surface area contributed by atoms with Gasteiger partial charge in [0.2, 0.25) is 0 Å². The first-order valence-corrected chi connectivity index (χ1v) is 20.9. The van der Waals surface area contributed by atoms with Crippen LogP contribution in [0.3, 0.4) is 0 Å². The fourth-order valence-electron chi connectivity index (χ4n) is 9.82. The van der Waals surface area contributed by atoms with Crippen LogP contribution in [0.15, 0.2) is 0 Å². The molecule has 0 aliphatic heterocycles. The van der Waals surface area contributed by atoms with E-state index in [9.17, 15) is 39.6 Å². The fraction of sp³-hybridized carbons (Fsp3) is 0.905. The maximum atomic E-state index is 14.3. The zero-order valence-corrected chi connectivity index (χ0v) is 32.6. The first-order chi connectivity index (χ1) is 24.0. The standard InChI is InChI=1S/C42H76O8/c1-5-9-13-17-21-25-29-40(30-26-22-18-14-10-6-2)35(37(45)46)34(36(43)44)33-41(38(47)48,31-27-23-19-15-11-7-3)42(40,39(49)50)32-28-24-20-16-12-8-4/h34-35H,5-33H2,1-4H3,(H,43,44)(H,45,46)(H,47,48)(H,49,50). The van der Waals surface area contributed by atoms with Crippen LogP contribution >= 0.6 is 0 Å². The Morgan fingerprint density at radius 2 is 0.780 bits per heavy atom. The van der Waals surface area contributed by atoms with Crippen molar-refractivity contribution in [1.29, 1.82) is 0 Å². The van der Waals surface area contributed by atoms with Crippen molar-refractivity contribution in [2.24, 2.45) is 28.1 Å². The molecular formula is C42H76O8. The van der Waals surface area contributed by atoms with E-state index in [0.717, 1.165) is 128 Å². The molecule has 0 aromatic carbocycles. The molecule has 0 spiro atoms. The summed E-state index contributed by atoms with van der Waals surface area (Å²) in [6.07, 6.45) is 21.6. The molecule has 0 amide bonds. The highest BCUT2D eigenvalue weighted by Crippen LogP contribution is 2.71. The number of unbranched alkanes of at least 4 members (excludes halogenated alkanes) is 20. The average Bonchev–Trinajstić information content (AvgIpc) is 3.07. The summed E-state index contributed by atoms with van der Waals surface area (Å²) in [5, 5.41) is 44.8. The molecule has 4 N–H and O–H groups in total. The molecule has 0 saturated heterocycles. The van der Waals surface area contributed by atoms with Crippen LogP contribution in [0, 0.1) is 28.1 Å². The SMILES string of the molecule is CCCCCCCCC1(C(=O)O)CC(C(=O)O)C(C(=O)O)C(CCCCCCCC)(CCCCCCCC)C1(CCCCCCCC)C(=O)O. The quantitative estimate of drug-likeness (QED) is 0.0504. The van der Waals surface area contributed by atoms with Crippen LogP contribution in [0.1, 0.15) is 214 Å². The predicted molar refractivity (Wildman–Crippen MR) is 201 cm³/mol. The lowest BCUT2D eigenvalue weighted by atomic mass is 9.36. The summed E-state index contributed by atoms with van der Waals surface area (Å²) >= 11 is 0. The van der Waals surface area contributed by atoms with E-state index in [1.165, 1.54) is 0 Å². The molecule has 8 heteroatoms. The van der Waals surface area contributed by atoms with E-state index in [4.69, 9.17) is 0 Å². The lowest BCUT2D eigenvalue weighted by Gasteiger charge is -2.64. The summed E-state index contributed by atoms with van der Waals surface area (Å²) in [6.45, 7) is 8.54. The second kappa shape index (κ2) is 25.0. The lowest BCUT2D eigenvalue weighted by Crippen LogP contribution is -2.70. The van der Waals surface area contributed by atoms with Crippen molar-refractivity contribution in [3.63, 3.8) is 0 Å². The van der Waals surface area contributed by atoms with Gasteiger partial charge in [0.25, 0.3) is 0 Å². The van der Waals surface area contributed by atoms with Gasteiger partial charge >= 0.3 is 23.9 Å². The van der Waals surface area contributed by atoms with Gasteiger partial charge in [0.1, 0.15) is 0 Å². The van der Waals surface area contributed by atoms with Crippen molar-refractivity contribution in [2.45, 2.75) is 214 Å². The monoisotopic (exact) mass is 709 g/mol. The molecule has 0 heterocycles. The first-order valence-electron chi connectivity index (χ1n) is 20.9. The Hall–Kier alpha value is -2.12. The Labute approximate surface area is 305 Å². The van der Waals surface area contributed by atoms with Crippen molar-refractivity contribution in [3.8, 4) is 0 Å². The topological polar surface area (TPSA) is 149 Å². The van der Waals surface area contributed by atoms with Gasteiger partial charge in [-0.1, -0.05) is 182 Å². The van der Waals surface area contributed by atoms with E-state index in [2.05, 4.69) is 27.7 Å². The Morgan fingerprint density at radius 1 is 0.440 bits per heavy atom. The summed E-state index contributed by atoms with van der Waals surface area (Å²) in [6, 6.07) is 0. The summed E-state index contributed by atoms with van der Waals surface area (Å²) in [5.74, 6) is -8.04. The van der Waals surface area contributed by atoms with Gasteiger partial charge in [-0.2, -0.15) is 0 Å². The van der Waals surface area contributed by atoms with Crippen LogP contribution in [0.2, 0.25) is 0 Å². The number of hydrogen-bond acceptors (Lipinski definition) is 4. The summed E-state index contributed by atoms with van der Waals surface area (Å²) in [5.41, 5.74) is -5.29. The molecule has 4 unspecified atom stereocenters. The second-order valence-corrected chi connectivity index (χ2v) is 15.8. The maximum absolute atomic E-state index is 14.3.